The van der Waals surface area contributed by atoms with Crippen molar-refractivity contribution in [2.75, 3.05) is 18.9 Å². The Bertz CT molecular complexity index is 352. The number of nitrogens with one attached hydrogen (secondary N) is 1. The molecule has 0 saturated carbocycles. The van der Waals surface area contributed by atoms with Crippen LogP contribution in [0, 0.1) is 0 Å². The lowest BCUT2D eigenvalue weighted by Gasteiger charge is -2.16. The minimum atomic E-state index is -0.349. The van der Waals surface area contributed by atoms with E-state index in [9.17, 15) is 9.90 Å². The van der Waals surface area contributed by atoms with Gasteiger partial charge in [-0.25, -0.2) is 4.98 Å². The van der Waals surface area contributed by atoms with Crippen molar-refractivity contribution in [2.45, 2.75) is 26.5 Å². The van der Waals surface area contributed by atoms with Crippen LogP contribution in [0.5, 0.6) is 0 Å². The summed E-state index contributed by atoms with van der Waals surface area (Å²) < 4.78 is 0. The molecule has 6 heteroatoms. The first-order chi connectivity index (χ1) is 7.47. The summed E-state index contributed by atoms with van der Waals surface area (Å²) in [6.45, 7) is 4.48. The molecule has 0 spiro atoms. The van der Waals surface area contributed by atoms with Gasteiger partial charge in [0, 0.05) is 25.4 Å². The van der Waals surface area contributed by atoms with Gasteiger partial charge in [0.05, 0.1) is 11.8 Å². The zero-order valence-corrected chi connectivity index (χ0v) is 10.5. The maximum Gasteiger partial charge on any atom is 0.223 e. The quantitative estimate of drug-likeness (QED) is 0.807. The molecule has 1 aromatic heterocycles. The van der Waals surface area contributed by atoms with Gasteiger partial charge in [-0.05, 0) is 14.0 Å². The van der Waals surface area contributed by atoms with Crippen LogP contribution >= 0.6 is 11.3 Å². The molecule has 1 unspecified atom stereocenters. The van der Waals surface area contributed by atoms with E-state index in [0.29, 0.717) is 18.2 Å². The Morgan fingerprint density at radius 2 is 2.44 bits per heavy atom. The smallest absolute Gasteiger partial charge is 0.223 e. The van der Waals surface area contributed by atoms with Crippen LogP contribution in [0.1, 0.15) is 19.5 Å². The summed E-state index contributed by atoms with van der Waals surface area (Å²) in [4.78, 5) is 17.0. The highest BCUT2D eigenvalue weighted by Gasteiger charge is 2.07. The van der Waals surface area contributed by atoms with Gasteiger partial charge in [0.25, 0.3) is 0 Å². The van der Waals surface area contributed by atoms with Gasteiger partial charge in [0.1, 0.15) is 0 Å². The summed E-state index contributed by atoms with van der Waals surface area (Å²) in [5.74, 6) is -0.113. The number of carbonyl (C=O) groups excluding carboxylic acids is 1. The van der Waals surface area contributed by atoms with Gasteiger partial charge in [0.2, 0.25) is 5.91 Å². The van der Waals surface area contributed by atoms with Gasteiger partial charge < -0.3 is 10.4 Å². The van der Waals surface area contributed by atoms with Crippen LogP contribution in [0.25, 0.3) is 0 Å². The molecule has 90 valence electrons. The summed E-state index contributed by atoms with van der Waals surface area (Å²) in [5.41, 5.74) is 0.900. The molecule has 1 atom stereocenters. The first-order valence-electron chi connectivity index (χ1n) is 5.06. The van der Waals surface area contributed by atoms with Gasteiger partial charge >= 0.3 is 0 Å². The minimum Gasteiger partial charge on any atom is -0.392 e. The van der Waals surface area contributed by atoms with Gasteiger partial charge in [-0.2, -0.15) is 0 Å². The lowest BCUT2D eigenvalue weighted by molar-refractivity contribution is -0.114. The molecule has 0 bridgehead atoms. The molecule has 5 nitrogen and oxygen atoms in total. The zero-order chi connectivity index (χ0) is 12.1. The lowest BCUT2D eigenvalue weighted by atomic mass is 10.3. The third kappa shape index (κ3) is 4.69. The van der Waals surface area contributed by atoms with Crippen molar-refractivity contribution in [3.05, 3.63) is 11.1 Å². The number of nitrogens with zero attached hydrogens (tertiary/aromatic N) is 2. The number of aliphatic hydroxyl groups excluding tert-OH is 1. The van der Waals surface area contributed by atoms with Crippen molar-refractivity contribution in [3.8, 4) is 0 Å². The molecule has 1 heterocycles. The van der Waals surface area contributed by atoms with E-state index in [4.69, 9.17) is 0 Å². The molecular weight excluding hydrogens is 226 g/mol. The molecule has 1 amide bonds. The largest absolute Gasteiger partial charge is 0.392 e. The monoisotopic (exact) mass is 243 g/mol. The number of hydrogen-bond donors (Lipinski definition) is 2. The average Bonchev–Trinajstić information content (AvgIpc) is 2.49. The number of thiazole rings is 1. The van der Waals surface area contributed by atoms with E-state index in [1.807, 2.05) is 17.3 Å². The van der Waals surface area contributed by atoms with Gasteiger partial charge in [-0.15, -0.1) is 11.3 Å². The highest BCUT2D eigenvalue weighted by Crippen LogP contribution is 2.16. The number of rotatable bonds is 5. The van der Waals surface area contributed by atoms with Crippen LogP contribution in [-0.4, -0.2) is 40.6 Å². The highest BCUT2D eigenvalue weighted by molar-refractivity contribution is 7.13. The van der Waals surface area contributed by atoms with E-state index >= 15 is 0 Å². The third-order valence-corrected chi connectivity index (χ3v) is 2.65. The van der Waals surface area contributed by atoms with Crippen LogP contribution in [0.3, 0.4) is 0 Å². The number of aliphatic hydroxyl groups is 1. The molecule has 1 rings (SSSR count). The van der Waals surface area contributed by atoms with Gasteiger partial charge in [0.15, 0.2) is 5.13 Å². The van der Waals surface area contributed by atoms with Crippen molar-refractivity contribution < 1.29 is 9.90 Å². The Morgan fingerprint density at radius 3 is 3.00 bits per heavy atom. The molecule has 0 aromatic carbocycles. The fourth-order valence-corrected chi connectivity index (χ4v) is 2.13. The van der Waals surface area contributed by atoms with Crippen LogP contribution < -0.4 is 5.32 Å². The molecule has 0 radical (unpaired) electrons. The maximum atomic E-state index is 10.8. The summed E-state index contributed by atoms with van der Waals surface area (Å²) in [6.07, 6.45) is -0.349. The molecule has 0 aliphatic carbocycles. The van der Waals surface area contributed by atoms with Crippen LogP contribution in [-0.2, 0) is 11.3 Å². The molecule has 16 heavy (non-hydrogen) atoms. The summed E-state index contributed by atoms with van der Waals surface area (Å²) in [7, 11) is 1.92. The third-order valence-electron chi connectivity index (χ3n) is 1.84. The summed E-state index contributed by atoms with van der Waals surface area (Å²) in [6, 6.07) is 0. The van der Waals surface area contributed by atoms with E-state index < -0.39 is 0 Å². The predicted octanol–water partition coefficient (Wildman–Crippen LogP) is 0.914. The number of amides is 1. The van der Waals surface area contributed by atoms with E-state index in [2.05, 4.69) is 10.3 Å². The average molecular weight is 243 g/mol. The first-order valence-corrected chi connectivity index (χ1v) is 5.94. The van der Waals surface area contributed by atoms with Crippen molar-refractivity contribution >= 4 is 22.4 Å². The topological polar surface area (TPSA) is 65.5 Å². The maximum absolute atomic E-state index is 10.8. The second-order valence-electron chi connectivity index (χ2n) is 3.87. The minimum absolute atomic E-state index is 0.113. The standard InChI is InChI=1S/C10H17N3O2S/c1-7(14)4-13(3)5-9-6-16-10(12-9)11-8(2)15/h6-7,14H,4-5H2,1-3H3,(H,11,12,15). The lowest BCUT2D eigenvalue weighted by Crippen LogP contribution is -2.26. The molecular formula is C10H17N3O2S. The van der Waals surface area contributed by atoms with E-state index in [-0.39, 0.29) is 12.0 Å². The number of likely N-dealkylation sites (N-methyl/N-ethyl adjacent to an activating group) is 1. The van der Waals surface area contributed by atoms with E-state index in [0.717, 1.165) is 5.69 Å². The van der Waals surface area contributed by atoms with E-state index in [1.165, 1.54) is 18.3 Å². The van der Waals surface area contributed by atoms with Crippen molar-refractivity contribution in [1.29, 1.82) is 0 Å². The second-order valence-corrected chi connectivity index (χ2v) is 4.73. The number of carbonyl (C=O) groups is 1. The van der Waals surface area contributed by atoms with Crippen LogP contribution in [0.4, 0.5) is 5.13 Å². The molecule has 0 aliphatic heterocycles. The SMILES string of the molecule is CC(=O)Nc1nc(CN(C)CC(C)O)cs1. The number of aromatic nitrogens is 1. The van der Waals surface area contributed by atoms with Crippen molar-refractivity contribution in [3.63, 3.8) is 0 Å². The Balaban J connectivity index is 2.48. The highest BCUT2D eigenvalue weighted by atomic mass is 32.1. The van der Waals surface area contributed by atoms with Crippen molar-refractivity contribution in [2.24, 2.45) is 0 Å². The number of anilines is 1. The van der Waals surface area contributed by atoms with Gasteiger partial charge in [-0.1, -0.05) is 0 Å². The Morgan fingerprint density at radius 1 is 1.75 bits per heavy atom. The fourth-order valence-electron chi connectivity index (χ4n) is 1.38. The molecule has 0 fully saturated rings. The van der Waals surface area contributed by atoms with Crippen molar-refractivity contribution in [1.82, 2.24) is 9.88 Å². The normalized spacial score (nSPS) is 12.8. The van der Waals surface area contributed by atoms with Crippen LogP contribution in [0.2, 0.25) is 0 Å². The Kier molecular flexibility index (Phi) is 4.85. The Hall–Kier alpha value is -0.980. The fraction of sp³-hybridized carbons (Fsp3) is 0.600. The van der Waals surface area contributed by atoms with Gasteiger partial charge in [-0.3, -0.25) is 9.69 Å². The number of hydrogen-bond acceptors (Lipinski definition) is 5. The second kappa shape index (κ2) is 5.93. The predicted molar refractivity (Wildman–Crippen MR) is 64.4 cm³/mol. The zero-order valence-electron chi connectivity index (χ0n) is 9.73. The molecule has 2 N–H and O–H groups in total. The molecule has 1 aromatic rings. The summed E-state index contributed by atoms with van der Waals surface area (Å²) >= 11 is 1.41. The first kappa shape index (κ1) is 13.1. The molecule has 0 aliphatic rings. The Labute approximate surface area is 99.1 Å². The van der Waals surface area contributed by atoms with E-state index in [1.54, 1.807) is 6.92 Å². The molecule has 0 saturated heterocycles. The van der Waals surface area contributed by atoms with Crippen LogP contribution in [0.15, 0.2) is 5.38 Å². The summed E-state index contributed by atoms with van der Waals surface area (Å²) in [5, 5.41) is 14.4.